The van der Waals surface area contributed by atoms with Gasteiger partial charge in [0.05, 0.1) is 11.1 Å². The van der Waals surface area contributed by atoms with E-state index >= 15 is 0 Å². The highest BCUT2D eigenvalue weighted by Crippen LogP contribution is 2.36. The van der Waals surface area contributed by atoms with E-state index in [0.717, 1.165) is 0 Å². The largest absolute Gasteiger partial charge is 0.352 e. The number of fused-ring (bicyclic) bond motifs is 3. The van der Waals surface area contributed by atoms with Crippen LogP contribution in [0, 0.1) is 0 Å². The fraction of sp³-hybridized carbons (Fsp3) is 0.538. The van der Waals surface area contributed by atoms with Gasteiger partial charge in [-0.1, -0.05) is 11.8 Å². The second-order valence-electron chi connectivity index (χ2n) is 5.64. The Balaban J connectivity index is 2.18. The Labute approximate surface area is 121 Å². The van der Waals surface area contributed by atoms with Crippen LogP contribution in [-0.2, 0) is 4.79 Å². The van der Waals surface area contributed by atoms with Crippen molar-refractivity contribution < 1.29 is 9.59 Å². The lowest BCUT2D eigenvalue weighted by molar-refractivity contribution is -0.124. The number of carbonyl (C=O) groups is 2. The Morgan fingerprint density at radius 2 is 2.20 bits per heavy atom. The number of nitrogens with zero attached hydrogens (tertiary/aromatic N) is 3. The summed E-state index contributed by atoms with van der Waals surface area (Å²) in [4.78, 5) is 34.9. The van der Waals surface area contributed by atoms with E-state index in [9.17, 15) is 9.59 Å². The van der Waals surface area contributed by atoms with Crippen molar-refractivity contribution in [2.45, 2.75) is 37.0 Å². The number of Topliss-reactive ketones (excluding diaryl/α,β-unsaturated/α-hetero) is 1. The maximum Gasteiger partial charge on any atom is 0.243 e. The zero-order chi connectivity index (χ0) is 14.5. The van der Waals surface area contributed by atoms with Crippen LogP contribution in [0.1, 0.15) is 30.6 Å². The number of aromatic nitrogens is 2. The molecule has 2 aliphatic rings. The first-order valence-electron chi connectivity index (χ1n) is 6.45. The second-order valence-corrected chi connectivity index (χ2v) is 6.41. The fourth-order valence-corrected chi connectivity index (χ4v) is 3.12. The van der Waals surface area contributed by atoms with E-state index in [0.29, 0.717) is 23.1 Å². The maximum absolute atomic E-state index is 12.2. The van der Waals surface area contributed by atoms with Crippen molar-refractivity contribution in [3.8, 4) is 0 Å². The third-order valence-corrected chi connectivity index (χ3v) is 4.36. The van der Waals surface area contributed by atoms with Gasteiger partial charge in [-0.15, -0.1) is 0 Å². The molecule has 3 heterocycles. The molecule has 1 fully saturated rings. The van der Waals surface area contributed by atoms with E-state index in [-0.39, 0.29) is 23.7 Å². The molecule has 106 valence electrons. The summed E-state index contributed by atoms with van der Waals surface area (Å²) in [5.41, 5.74) is 0.236. The Hall–Kier alpha value is -1.63. The van der Waals surface area contributed by atoms with Crippen LogP contribution in [0.3, 0.4) is 0 Å². The third kappa shape index (κ3) is 1.88. The molecule has 3 rings (SSSR count). The van der Waals surface area contributed by atoms with Crippen molar-refractivity contribution in [2.75, 3.05) is 17.7 Å². The molecular formula is C13H16N4O2S. The maximum atomic E-state index is 12.2. The Bertz CT molecular complexity index is 602. The van der Waals surface area contributed by atoms with Gasteiger partial charge in [0.2, 0.25) is 5.91 Å². The smallest absolute Gasteiger partial charge is 0.243 e. The van der Waals surface area contributed by atoms with Crippen LogP contribution in [0.5, 0.6) is 0 Å². The average molecular weight is 292 g/mol. The van der Waals surface area contributed by atoms with Crippen molar-refractivity contribution in [1.82, 2.24) is 15.3 Å². The fourth-order valence-electron chi connectivity index (χ4n) is 2.79. The van der Waals surface area contributed by atoms with E-state index in [2.05, 4.69) is 15.3 Å². The van der Waals surface area contributed by atoms with E-state index in [1.165, 1.54) is 11.8 Å². The molecule has 0 aromatic carbocycles. The molecule has 1 saturated heterocycles. The summed E-state index contributed by atoms with van der Waals surface area (Å²) in [6.45, 7) is 4.62. The van der Waals surface area contributed by atoms with Crippen LogP contribution < -0.4 is 10.2 Å². The first-order valence-corrected chi connectivity index (χ1v) is 7.68. The summed E-state index contributed by atoms with van der Waals surface area (Å²) in [5.74, 6) is 0.417. The van der Waals surface area contributed by atoms with E-state index in [1.807, 2.05) is 25.0 Å². The van der Waals surface area contributed by atoms with Gasteiger partial charge in [-0.3, -0.25) is 9.59 Å². The lowest BCUT2D eigenvalue weighted by atomic mass is 9.88. The summed E-state index contributed by atoms with van der Waals surface area (Å²) >= 11 is 1.42. The molecular weight excluding hydrogens is 276 g/mol. The topological polar surface area (TPSA) is 75.2 Å². The van der Waals surface area contributed by atoms with Gasteiger partial charge in [0.1, 0.15) is 11.9 Å². The monoisotopic (exact) mass is 292 g/mol. The quantitative estimate of drug-likeness (QED) is 0.611. The molecule has 0 aliphatic carbocycles. The van der Waals surface area contributed by atoms with Gasteiger partial charge in [0.15, 0.2) is 10.9 Å². The minimum absolute atomic E-state index is 0.0678. The lowest BCUT2D eigenvalue weighted by Crippen LogP contribution is -2.68. The number of piperazine rings is 1. The van der Waals surface area contributed by atoms with Crippen molar-refractivity contribution in [2.24, 2.45) is 0 Å². The third-order valence-electron chi connectivity index (χ3n) is 3.80. The Morgan fingerprint density at radius 1 is 1.45 bits per heavy atom. The first-order chi connectivity index (χ1) is 9.44. The summed E-state index contributed by atoms with van der Waals surface area (Å²) in [6.07, 6.45) is 3.65. The Morgan fingerprint density at radius 3 is 2.90 bits per heavy atom. The van der Waals surface area contributed by atoms with E-state index in [1.54, 1.807) is 6.20 Å². The van der Waals surface area contributed by atoms with E-state index in [4.69, 9.17) is 0 Å². The number of amides is 1. The molecule has 20 heavy (non-hydrogen) atoms. The minimum Gasteiger partial charge on any atom is -0.352 e. The number of carbonyl (C=O) groups excluding carboxylic acids is 2. The number of rotatable bonds is 1. The number of nitrogens with one attached hydrogen (secondary N) is 1. The van der Waals surface area contributed by atoms with Crippen LogP contribution in [-0.4, -0.2) is 46.0 Å². The molecule has 0 spiro atoms. The molecule has 1 aromatic heterocycles. The van der Waals surface area contributed by atoms with Crippen LogP contribution in [0.25, 0.3) is 0 Å². The highest BCUT2D eigenvalue weighted by molar-refractivity contribution is 7.98. The summed E-state index contributed by atoms with van der Waals surface area (Å²) in [5, 5.41) is 3.48. The van der Waals surface area contributed by atoms with Crippen LogP contribution in [0.2, 0.25) is 0 Å². The zero-order valence-electron chi connectivity index (χ0n) is 11.6. The van der Waals surface area contributed by atoms with Gasteiger partial charge in [0, 0.05) is 19.2 Å². The number of anilines is 1. The SMILES string of the molecule is CSc1ncc2c(n1)N1C(CC2=O)C(=O)NCC1(C)C. The molecule has 1 aromatic rings. The standard InChI is InChI=1S/C13H16N4O2S/c1-13(2)6-15-11(19)8-4-9(18)7-5-14-12(20-3)16-10(7)17(8)13/h5,8H,4,6H2,1-3H3,(H,15,19). The second kappa shape index (κ2) is 4.44. The van der Waals surface area contributed by atoms with Gasteiger partial charge in [-0.25, -0.2) is 9.97 Å². The van der Waals surface area contributed by atoms with Crippen molar-refractivity contribution in [3.05, 3.63) is 11.8 Å². The lowest BCUT2D eigenvalue weighted by Gasteiger charge is -2.49. The van der Waals surface area contributed by atoms with Gasteiger partial charge in [-0.2, -0.15) is 0 Å². The predicted molar refractivity (Wildman–Crippen MR) is 76.1 cm³/mol. The van der Waals surface area contributed by atoms with E-state index < -0.39 is 6.04 Å². The molecule has 0 bridgehead atoms. The van der Waals surface area contributed by atoms with Gasteiger partial charge >= 0.3 is 0 Å². The molecule has 1 atom stereocenters. The van der Waals surface area contributed by atoms with Crippen molar-refractivity contribution in [1.29, 1.82) is 0 Å². The van der Waals surface area contributed by atoms with Crippen LogP contribution in [0.15, 0.2) is 11.4 Å². The summed E-state index contributed by atoms with van der Waals surface area (Å²) in [7, 11) is 0. The Kier molecular flexibility index (Phi) is 2.97. The molecule has 1 amide bonds. The minimum atomic E-state index is -0.469. The number of hydrogen-bond acceptors (Lipinski definition) is 6. The molecule has 2 aliphatic heterocycles. The average Bonchev–Trinajstić information content (AvgIpc) is 2.42. The van der Waals surface area contributed by atoms with Gasteiger partial charge in [0.25, 0.3) is 0 Å². The number of ketones is 1. The molecule has 7 heteroatoms. The van der Waals surface area contributed by atoms with Gasteiger partial charge < -0.3 is 10.2 Å². The normalized spacial score (nSPS) is 23.9. The molecule has 0 radical (unpaired) electrons. The first kappa shape index (κ1) is 13.4. The summed E-state index contributed by atoms with van der Waals surface area (Å²) in [6, 6.07) is -0.469. The highest BCUT2D eigenvalue weighted by atomic mass is 32.2. The van der Waals surface area contributed by atoms with Crippen LogP contribution >= 0.6 is 11.8 Å². The van der Waals surface area contributed by atoms with Crippen molar-refractivity contribution in [3.63, 3.8) is 0 Å². The molecule has 1 N–H and O–H groups in total. The van der Waals surface area contributed by atoms with Gasteiger partial charge in [-0.05, 0) is 20.1 Å². The number of hydrogen-bond donors (Lipinski definition) is 1. The summed E-state index contributed by atoms with van der Waals surface area (Å²) < 4.78 is 0. The zero-order valence-corrected chi connectivity index (χ0v) is 12.5. The number of thioether (sulfide) groups is 1. The highest BCUT2D eigenvalue weighted by Gasteiger charge is 2.47. The predicted octanol–water partition coefficient (Wildman–Crippen LogP) is 0.868. The van der Waals surface area contributed by atoms with Crippen molar-refractivity contribution >= 4 is 29.3 Å². The molecule has 0 saturated carbocycles. The van der Waals surface area contributed by atoms with Crippen LogP contribution in [0.4, 0.5) is 5.82 Å². The molecule has 1 unspecified atom stereocenters. The molecule has 6 nitrogen and oxygen atoms in total.